The molecule has 0 aromatic rings. The van der Waals surface area contributed by atoms with E-state index in [2.05, 4.69) is 24.1 Å². The van der Waals surface area contributed by atoms with Gasteiger partial charge in [-0.15, -0.1) is 0 Å². The number of hydrogen-bond acceptors (Lipinski definition) is 2. The quantitative estimate of drug-likeness (QED) is 0.772. The lowest BCUT2D eigenvalue weighted by atomic mass is 9.99. The average Bonchev–Trinajstić information content (AvgIpc) is 2.95. The van der Waals surface area contributed by atoms with Crippen LogP contribution in [0.25, 0.3) is 0 Å². The second-order valence-electron chi connectivity index (χ2n) is 5.83. The topological polar surface area (TPSA) is 15.3 Å². The summed E-state index contributed by atoms with van der Waals surface area (Å²) in [5.74, 6) is 0.950. The number of nitrogens with one attached hydrogen (secondary N) is 1. The van der Waals surface area contributed by atoms with Crippen molar-refractivity contribution in [3.8, 4) is 0 Å². The van der Waals surface area contributed by atoms with Crippen molar-refractivity contribution in [2.24, 2.45) is 5.92 Å². The summed E-state index contributed by atoms with van der Waals surface area (Å²) >= 11 is 0. The number of nitrogens with zero attached hydrogens (tertiary/aromatic N) is 1. The lowest BCUT2D eigenvalue weighted by Gasteiger charge is -2.27. The van der Waals surface area contributed by atoms with E-state index in [0.29, 0.717) is 0 Å². The first-order chi connectivity index (χ1) is 7.77. The van der Waals surface area contributed by atoms with Crippen LogP contribution in [-0.2, 0) is 0 Å². The Hall–Kier alpha value is -0.0800. The summed E-state index contributed by atoms with van der Waals surface area (Å²) in [5.41, 5.74) is 0. The van der Waals surface area contributed by atoms with Crippen LogP contribution in [0.4, 0.5) is 0 Å². The highest BCUT2D eigenvalue weighted by molar-refractivity contribution is 4.80. The van der Waals surface area contributed by atoms with Crippen molar-refractivity contribution >= 4 is 0 Å². The molecule has 2 heteroatoms. The normalized spacial score (nSPS) is 27.4. The van der Waals surface area contributed by atoms with Crippen molar-refractivity contribution in [3.05, 3.63) is 0 Å². The largest absolute Gasteiger partial charge is 0.312 e. The van der Waals surface area contributed by atoms with Gasteiger partial charge in [0.2, 0.25) is 0 Å². The third kappa shape index (κ3) is 3.21. The fraction of sp³-hybridized carbons (Fsp3) is 1.00. The molecule has 0 aromatic heterocycles. The fourth-order valence-corrected chi connectivity index (χ4v) is 3.29. The molecule has 0 amide bonds. The van der Waals surface area contributed by atoms with Crippen molar-refractivity contribution in [1.29, 1.82) is 0 Å². The van der Waals surface area contributed by atoms with Gasteiger partial charge in [-0.05, 0) is 58.5 Å². The Labute approximate surface area is 101 Å². The van der Waals surface area contributed by atoms with Crippen LogP contribution in [0, 0.1) is 5.92 Å². The predicted molar refractivity (Wildman–Crippen MR) is 69.7 cm³/mol. The Morgan fingerprint density at radius 3 is 2.31 bits per heavy atom. The molecule has 2 aliphatic rings. The van der Waals surface area contributed by atoms with Gasteiger partial charge in [0.05, 0.1) is 0 Å². The maximum absolute atomic E-state index is 3.76. The summed E-state index contributed by atoms with van der Waals surface area (Å²) in [4.78, 5) is 2.63. The third-order valence-corrected chi connectivity index (χ3v) is 4.61. The summed E-state index contributed by atoms with van der Waals surface area (Å²) in [6.07, 6.45) is 8.63. The average molecular weight is 224 g/mol. The Balaban J connectivity index is 1.65. The minimum atomic E-state index is 0.728. The molecule has 1 heterocycles. The molecule has 2 atom stereocenters. The molecule has 1 saturated heterocycles. The molecule has 1 aliphatic carbocycles. The van der Waals surface area contributed by atoms with E-state index in [4.69, 9.17) is 0 Å². The smallest absolute Gasteiger partial charge is 0.0192 e. The maximum Gasteiger partial charge on any atom is 0.0192 e. The summed E-state index contributed by atoms with van der Waals surface area (Å²) in [6.45, 7) is 8.57. The van der Waals surface area contributed by atoms with E-state index < -0.39 is 0 Å². The van der Waals surface area contributed by atoms with Gasteiger partial charge in [-0.1, -0.05) is 12.8 Å². The Kier molecular flexibility index (Phi) is 4.66. The van der Waals surface area contributed by atoms with E-state index in [1.807, 2.05) is 0 Å². The predicted octanol–water partition coefficient (Wildman–Crippen LogP) is 2.64. The third-order valence-electron chi connectivity index (χ3n) is 4.61. The van der Waals surface area contributed by atoms with E-state index in [1.54, 1.807) is 0 Å². The van der Waals surface area contributed by atoms with Gasteiger partial charge in [0, 0.05) is 18.6 Å². The van der Waals surface area contributed by atoms with Crippen LogP contribution in [0.1, 0.15) is 52.4 Å². The standard InChI is InChI=1S/C14H28N2/c1-12(16-9-5-6-10-16)11-15-13(2)14-7-3-4-8-14/h12-15H,3-11H2,1-2H3. The molecule has 0 bridgehead atoms. The molecular formula is C14H28N2. The summed E-state index contributed by atoms with van der Waals surface area (Å²) in [7, 11) is 0. The summed E-state index contributed by atoms with van der Waals surface area (Å²) in [6, 6.07) is 1.46. The van der Waals surface area contributed by atoms with Gasteiger partial charge >= 0.3 is 0 Å². The van der Waals surface area contributed by atoms with Crippen LogP contribution in [0.2, 0.25) is 0 Å². The van der Waals surface area contributed by atoms with Gasteiger partial charge < -0.3 is 5.32 Å². The van der Waals surface area contributed by atoms with Crippen LogP contribution < -0.4 is 5.32 Å². The van der Waals surface area contributed by atoms with Crippen LogP contribution in [0.3, 0.4) is 0 Å². The summed E-state index contributed by atoms with van der Waals surface area (Å²) in [5, 5.41) is 3.76. The Bertz CT molecular complexity index is 171. The van der Waals surface area contributed by atoms with Crippen molar-refractivity contribution in [2.45, 2.75) is 64.5 Å². The Morgan fingerprint density at radius 1 is 1.06 bits per heavy atom. The van der Waals surface area contributed by atoms with Crippen LogP contribution in [-0.4, -0.2) is 36.6 Å². The minimum Gasteiger partial charge on any atom is -0.312 e. The van der Waals surface area contributed by atoms with Crippen LogP contribution >= 0.6 is 0 Å². The van der Waals surface area contributed by atoms with Gasteiger partial charge in [-0.25, -0.2) is 0 Å². The number of rotatable bonds is 5. The zero-order valence-corrected chi connectivity index (χ0v) is 11.0. The van der Waals surface area contributed by atoms with E-state index in [1.165, 1.54) is 58.2 Å². The van der Waals surface area contributed by atoms with E-state index in [9.17, 15) is 0 Å². The van der Waals surface area contributed by atoms with Crippen molar-refractivity contribution < 1.29 is 0 Å². The molecule has 16 heavy (non-hydrogen) atoms. The lowest BCUT2D eigenvalue weighted by molar-refractivity contribution is 0.238. The molecule has 2 fully saturated rings. The van der Waals surface area contributed by atoms with Gasteiger partial charge in [-0.2, -0.15) is 0 Å². The first kappa shape index (κ1) is 12.4. The van der Waals surface area contributed by atoms with Crippen molar-refractivity contribution in [3.63, 3.8) is 0 Å². The van der Waals surface area contributed by atoms with Crippen molar-refractivity contribution in [2.75, 3.05) is 19.6 Å². The number of likely N-dealkylation sites (tertiary alicyclic amines) is 1. The van der Waals surface area contributed by atoms with Crippen molar-refractivity contribution in [1.82, 2.24) is 10.2 Å². The first-order valence-corrected chi connectivity index (χ1v) is 7.25. The zero-order chi connectivity index (χ0) is 11.4. The second kappa shape index (κ2) is 6.02. The van der Waals surface area contributed by atoms with Gasteiger partial charge in [-0.3, -0.25) is 4.90 Å². The first-order valence-electron chi connectivity index (χ1n) is 7.25. The van der Waals surface area contributed by atoms with Gasteiger partial charge in [0.1, 0.15) is 0 Å². The molecule has 1 aliphatic heterocycles. The van der Waals surface area contributed by atoms with Crippen LogP contribution in [0.15, 0.2) is 0 Å². The van der Waals surface area contributed by atoms with Gasteiger partial charge in [0.25, 0.3) is 0 Å². The molecule has 0 aromatic carbocycles. The molecule has 1 N–H and O–H groups in total. The molecule has 0 radical (unpaired) electrons. The lowest BCUT2D eigenvalue weighted by Crippen LogP contribution is -2.43. The Morgan fingerprint density at radius 2 is 1.69 bits per heavy atom. The summed E-state index contributed by atoms with van der Waals surface area (Å²) < 4.78 is 0. The molecule has 2 rings (SSSR count). The van der Waals surface area contributed by atoms with E-state index in [-0.39, 0.29) is 0 Å². The molecule has 2 nitrogen and oxygen atoms in total. The second-order valence-corrected chi connectivity index (χ2v) is 5.83. The molecule has 0 spiro atoms. The van der Waals surface area contributed by atoms with E-state index >= 15 is 0 Å². The fourth-order valence-electron chi connectivity index (χ4n) is 3.29. The highest BCUT2D eigenvalue weighted by Crippen LogP contribution is 2.27. The maximum atomic E-state index is 3.76. The molecule has 94 valence electrons. The molecule has 1 saturated carbocycles. The molecule has 2 unspecified atom stereocenters. The molecular weight excluding hydrogens is 196 g/mol. The minimum absolute atomic E-state index is 0.728. The monoisotopic (exact) mass is 224 g/mol. The van der Waals surface area contributed by atoms with Crippen LogP contribution in [0.5, 0.6) is 0 Å². The zero-order valence-electron chi connectivity index (χ0n) is 11.0. The SMILES string of the molecule is CC(NCC(C)N1CCCC1)C1CCCC1. The van der Waals surface area contributed by atoms with E-state index in [0.717, 1.165) is 18.0 Å². The number of hydrogen-bond donors (Lipinski definition) is 1. The highest BCUT2D eigenvalue weighted by Gasteiger charge is 2.23. The van der Waals surface area contributed by atoms with Gasteiger partial charge in [0.15, 0.2) is 0 Å². The highest BCUT2D eigenvalue weighted by atomic mass is 15.2.